The molecule has 0 radical (unpaired) electrons. The van der Waals surface area contributed by atoms with Gasteiger partial charge in [-0.3, -0.25) is 9.80 Å². The maximum atomic E-state index is 13.2. The summed E-state index contributed by atoms with van der Waals surface area (Å²) in [5.74, 6) is 0. The maximum Gasteiger partial charge on any atom is 0.416 e. The zero-order chi connectivity index (χ0) is 16.2. The predicted molar refractivity (Wildman–Crippen MR) is 78.7 cm³/mol. The highest BCUT2D eigenvalue weighted by atomic mass is 19.4. The molecular weight excluding hydrogens is 298 g/mol. The van der Waals surface area contributed by atoms with Crippen LogP contribution in [0, 0.1) is 0 Å². The van der Waals surface area contributed by atoms with E-state index in [0.29, 0.717) is 38.4 Å². The summed E-state index contributed by atoms with van der Waals surface area (Å²) in [5, 5.41) is 2.73. The zero-order valence-corrected chi connectivity index (χ0v) is 12.6. The summed E-state index contributed by atoms with van der Waals surface area (Å²) >= 11 is 0. The quantitative estimate of drug-likeness (QED) is 0.842. The molecule has 3 nitrogen and oxygen atoms in total. The van der Waals surface area contributed by atoms with Crippen LogP contribution in [0.1, 0.15) is 11.1 Å². The largest absolute Gasteiger partial charge is 0.416 e. The number of hydrogen-bond acceptors (Lipinski definition) is 3. The minimum atomic E-state index is -4.36. The zero-order valence-electron chi connectivity index (χ0n) is 12.6. The van der Waals surface area contributed by atoms with E-state index >= 15 is 0 Å². The molecule has 124 valence electrons. The SMILES string of the molecule is CNc1ccc(CN2CCN(CCF)CC2)c(C(F)(F)F)c1. The fourth-order valence-electron chi connectivity index (χ4n) is 2.67. The van der Waals surface area contributed by atoms with Crippen molar-refractivity contribution in [3.8, 4) is 0 Å². The Morgan fingerprint density at radius 3 is 2.27 bits per heavy atom. The van der Waals surface area contributed by atoms with E-state index in [2.05, 4.69) is 5.32 Å². The fraction of sp³-hybridized carbons (Fsp3) is 0.600. The molecule has 0 bridgehead atoms. The van der Waals surface area contributed by atoms with E-state index in [9.17, 15) is 17.6 Å². The Hall–Kier alpha value is -1.34. The Labute approximate surface area is 127 Å². The van der Waals surface area contributed by atoms with Crippen LogP contribution in [0.3, 0.4) is 0 Å². The third-order valence-corrected chi connectivity index (χ3v) is 3.96. The molecule has 22 heavy (non-hydrogen) atoms. The third kappa shape index (κ3) is 4.33. The van der Waals surface area contributed by atoms with Crippen LogP contribution in [0.2, 0.25) is 0 Å². The molecule has 1 N–H and O–H groups in total. The number of anilines is 1. The van der Waals surface area contributed by atoms with Crippen LogP contribution in [0.4, 0.5) is 23.2 Å². The standard InChI is InChI=1S/C15H21F4N3/c1-20-13-3-2-12(14(10-13)15(17,18)19)11-22-8-6-21(5-4-16)7-9-22/h2-3,10,20H,4-9,11H2,1H3. The van der Waals surface area contributed by atoms with Crippen molar-refractivity contribution >= 4 is 5.69 Å². The van der Waals surface area contributed by atoms with E-state index < -0.39 is 11.7 Å². The molecule has 7 heteroatoms. The van der Waals surface area contributed by atoms with Crippen molar-refractivity contribution in [1.82, 2.24) is 9.80 Å². The van der Waals surface area contributed by atoms with Gasteiger partial charge in [0, 0.05) is 52.0 Å². The molecule has 0 unspecified atom stereocenters. The molecule has 1 aliphatic rings. The van der Waals surface area contributed by atoms with Gasteiger partial charge in [-0.1, -0.05) is 6.07 Å². The molecule has 0 aromatic heterocycles. The summed E-state index contributed by atoms with van der Waals surface area (Å²) in [6.07, 6.45) is -4.36. The molecule has 1 aromatic carbocycles. The molecule has 1 aromatic rings. The Kier molecular flexibility index (Phi) is 5.63. The molecule has 1 heterocycles. The Morgan fingerprint density at radius 1 is 1.09 bits per heavy atom. The van der Waals surface area contributed by atoms with Gasteiger partial charge in [-0.2, -0.15) is 13.2 Å². The average molecular weight is 319 g/mol. The summed E-state index contributed by atoms with van der Waals surface area (Å²) in [5.41, 5.74) is 0.139. The highest BCUT2D eigenvalue weighted by molar-refractivity contribution is 5.49. The number of alkyl halides is 4. The molecule has 1 fully saturated rings. The van der Waals surface area contributed by atoms with Gasteiger partial charge in [-0.25, -0.2) is 4.39 Å². The highest BCUT2D eigenvalue weighted by Gasteiger charge is 2.34. The first-order valence-corrected chi connectivity index (χ1v) is 7.32. The Balaban J connectivity index is 2.07. The number of rotatable bonds is 5. The van der Waals surface area contributed by atoms with Gasteiger partial charge >= 0.3 is 6.18 Å². The van der Waals surface area contributed by atoms with Gasteiger partial charge in [0.1, 0.15) is 6.67 Å². The van der Waals surface area contributed by atoms with E-state index in [0.717, 1.165) is 6.07 Å². The first-order valence-electron chi connectivity index (χ1n) is 7.32. The number of hydrogen-bond donors (Lipinski definition) is 1. The number of nitrogens with zero attached hydrogens (tertiary/aromatic N) is 2. The first kappa shape index (κ1) is 17.0. The van der Waals surface area contributed by atoms with Crippen LogP contribution in [0.15, 0.2) is 18.2 Å². The normalized spacial score (nSPS) is 17.7. The lowest BCUT2D eigenvalue weighted by atomic mass is 10.0. The van der Waals surface area contributed by atoms with Crippen molar-refractivity contribution < 1.29 is 17.6 Å². The van der Waals surface area contributed by atoms with Crippen molar-refractivity contribution in [2.24, 2.45) is 0 Å². The number of piperazine rings is 1. The topological polar surface area (TPSA) is 18.5 Å². The lowest BCUT2D eigenvalue weighted by molar-refractivity contribution is -0.138. The van der Waals surface area contributed by atoms with Crippen molar-refractivity contribution in [3.05, 3.63) is 29.3 Å². The molecule has 2 rings (SSSR count). The average Bonchev–Trinajstić information content (AvgIpc) is 2.49. The van der Waals surface area contributed by atoms with Crippen LogP contribution in [0.5, 0.6) is 0 Å². The molecule has 0 aliphatic carbocycles. The summed E-state index contributed by atoms with van der Waals surface area (Å²) in [6, 6.07) is 4.33. The van der Waals surface area contributed by atoms with E-state index in [4.69, 9.17) is 0 Å². The van der Waals surface area contributed by atoms with Crippen LogP contribution in [-0.2, 0) is 12.7 Å². The minimum Gasteiger partial charge on any atom is -0.388 e. The summed E-state index contributed by atoms with van der Waals surface area (Å²) in [6.45, 7) is 2.99. The second-order valence-electron chi connectivity index (χ2n) is 5.43. The minimum absolute atomic E-state index is 0.266. The third-order valence-electron chi connectivity index (χ3n) is 3.96. The molecule has 1 saturated heterocycles. The van der Waals surface area contributed by atoms with Crippen molar-refractivity contribution in [2.75, 3.05) is 51.8 Å². The summed E-state index contributed by atoms with van der Waals surface area (Å²) < 4.78 is 51.8. The van der Waals surface area contributed by atoms with Gasteiger partial charge in [0.05, 0.1) is 5.56 Å². The van der Waals surface area contributed by atoms with Gasteiger partial charge in [0.15, 0.2) is 0 Å². The maximum absolute atomic E-state index is 13.2. The molecular formula is C15H21F4N3. The van der Waals surface area contributed by atoms with Gasteiger partial charge < -0.3 is 5.32 Å². The monoisotopic (exact) mass is 319 g/mol. The van der Waals surface area contributed by atoms with Gasteiger partial charge in [0.2, 0.25) is 0 Å². The van der Waals surface area contributed by atoms with E-state index in [1.54, 1.807) is 13.1 Å². The first-order chi connectivity index (χ1) is 10.4. The molecule has 0 spiro atoms. The van der Waals surface area contributed by atoms with Crippen molar-refractivity contribution in [1.29, 1.82) is 0 Å². The lowest BCUT2D eigenvalue weighted by Gasteiger charge is -2.34. The van der Waals surface area contributed by atoms with Crippen LogP contribution >= 0.6 is 0 Å². The second kappa shape index (κ2) is 7.28. The predicted octanol–water partition coefficient (Wildman–Crippen LogP) is 2.83. The fourth-order valence-corrected chi connectivity index (χ4v) is 2.67. The van der Waals surface area contributed by atoms with Crippen LogP contribution in [0.25, 0.3) is 0 Å². The molecule has 0 atom stereocenters. The number of benzene rings is 1. The Bertz CT molecular complexity index is 482. The second-order valence-corrected chi connectivity index (χ2v) is 5.43. The van der Waals surface area contributed by atoms with Gasteiger partial charge in [-0.15, -0.1) is 0 Å². The van der Waals surface area contributed by atoms with E-state index in [-0.39, 0.29) is 18.8 Å². The molecule has 0 amide bonds. The smallest absolute Gasteiger partial charge is 0.388 e. The van der Waals surface area contributed by atoms with Gasteiger partial charge in [0.25, 0.3) is 0 Å². The molecule has 0 saturated carbocycles. The van der Waals surface area contributed by atoms with E-state index in [1.165, 1.54) is 6.07 Å². The Morgan fingerprint density at radius 2 is 1.73 bits per heavy atom. The molecule has 1 aliphatic heterocycles. The van der Waals surface area contributed by atoms with Crippen molar-refractivity contribution in [3.63, 3.8) is 0 Å². The van der Waals surface area contributed by atoms with Crippen molar-refractivity contribution in [2.45, 2.75) is 12.7 Å². The van der Waals surface area contributed by atoms with Crippen LogP contribution in [-0.4, -0.2) is 56.2 Å². The highest BCUT2D eigenvalue weighted by Crippen LogP contribution is 2.34. The summed E-state index contributed by atoms with van der Waals surface area (Å²) in [7, 11) is 1.60. The number of nitrogens with one attached hydrogen (secondary N) is 1. The number of halogens is 4. The lowest BCUT2D eigenvalue weighted by Crippen LogP contribution is -2.46. The van der Waals surface area contributed by atoms with Gasteiger partial charge in [-0.05, 0) is 17.7 Å². The summed E-state index contributed by atoms with van der Waals surface area (Å²) in [4.78, 5) is 3.98. The van der Waals surface area contributed by atoms with E-state index in [1.807, 2.05) is 9.80 Å². The van der Waals surface area contributed by atoms with Crippen LogP contribution < -0.4 is 5.32 Å².